The molecule has 0 spiro atoms. The fraction of sp³-hybridized carbons (Fsp3) is 0.875. The fourth-order valence-electron chi connectivity index (χ4n) is 4.58. The van der Waals surface area contributed by atoms with E-state index in [4.69, 9.17) is 4.74 Å². The van der Waals surface area contributed by atoms with Gasteiger partial charge in [0.1, 0.15) is 6.04 Å². The van der Waals surface area contributed by atoms with Crippen molar-refractivity contribution >= 4 is 11.9 Å². The Kier molecular flexibility index (Phi) is 3.99. The molecule has 4 nitrogen and oxygen atoms in total. The van der Waals surface area contributed by atoms with Gasteiger partial charge in [-0.15, -0.1) is 0 Å². The van der Waals surface area contributed by atoms with Gasteiger partial charge in [-0.2, -0.15) is 0 Å². The normalized spacial score (nSPS) is 36.1. The number of ether oxygens (including phenoxy) is 1. The van der Waals surface area contributed by atoms with Crippen LogP contribution < -0.4 is 0 Å². The highest BCUT2D eigenvalue weighted by Gasteiger charge is 2.42. The first kappa shape index (κ1) is 13.9. The number of carbonyl (C=O) groups is 2. The molecule has 0 N–H and O–H groups in total. The second kappa shape index (κ2) is 5.74. The monoisotopic (exact) mass is 279 g/mol. The summed E-state index contributed by atoms with van der Waals surface area (Å²) in [4.78, 5) is 26.2. The number of nitrogens with zero attached hydrogens (tertiary/aromatic N) is 1. The molecule has 4 atom stereocenters. The third-order valence-corrected chi connectivity index (χ3v) is 5.62. The largest absolute Gasteiger partial charge is 0.467 e. The van der Waals surface area contributed by atoms with Gasteiger partial charge in [0.05, 0.1) is 7.11 Å². The number of hydrogen-bond acceptors (Lipinski definition) is 3. The summed E-state index contributed by atoms with van der Waals surface area (Å²) in [7, 11) is 1.41. The number of carbonyl (C=O) groups excluding carboxylic acids is 2. The summed E-state index contributed by atoms with van der Waals surface area (Å²) in [5, 5.41) is 0. The quantitative estimate of drug-likeness (QED) is 0.745. The maximum absolute atomic E-state index is 12.6. The molecular formula is C16H25NO3. The SMILES string of the molecule is COC(=O)C1CCCCN1C(=O)CC1CC2CCC1C2. The number of amides is 1. The zero-order chi connectivity index (χ0) is 14.1. The van der Waals surface area contributed by atoms with Gasteiger partial charge in [0.15, 0.2) is 0 Å². The number of rotatable bonds is 3. The molecule has 2 aliphatic carbocycles. The second-order valence-corrected chi connectivity index (χ2v) is 6.76. The molecule has 1 saturated heterocycles. The number of piperidine rings is 1. The Balaban J connectivity index is 1.61. The predicted octanol–water partition coefficient (Wildman–Crippen LogP) is 2.37. The standard InChI is InChI=1S/C16H25NO3/c1-20-16(19)14-4-2-3-7-17(14)15(18)10-13-9-11-5-6-12(13)8-11/h11-14H,2-10H2,1H3. The zero-order valence-electron chi connectivity index (χ0n) is 12.3. The molecule has 2 saturated carbocycles. The second-order valence-electron chi connectivity index (χ2n) is 6.76. The van der Waals surface area contributed by atoms with E-state index in [2.05, 4.69) is 0 Å². The third kappa shape index (κ3) is 2.57. The van der Waals surface area contributed by atoms with E-state index in [-0.39, 0.29) is 17.9 Å². The van der Waals surface area contributed by atoms with Crippen LogP contribution in [0.25, 0.3) is 0 Å². The molecule has 0 radical (unpaired) electrons. The molecular weight excluding hydrogens is 254 g/mol. The first-order chi connectivity index (χ1) is 9.69. The molecule has 4 unspecified atom stereocenters. The topological polar surface area (TPSA) is 46.6 Å². The van der Waals surface area contributed by atoms with Crippen molar-refractivity contribution in [3.8, 4) is 0 Å². The average molecular weight is 279 g/mol. The maximum Gasteiger partial charge on any atom is 0.328 e. The summed E-state index contributed by atoms with van der Waals surface area (Å²) in [6, 6.07) is -0.333. The first-order valence-corrected chi connectivity index (χ1v) is 8.06. The molecule has 1 aliphatic heterocycles. The predicted molar refractivity (Wildman–Crippen MR) is 74.9 cm³/mol. The van der Waals surface area contributed by atoms with E-state index in [1.165, 1.54) is 32.8 Å². The number of hydrogen-bond donors (Lipinski definition) is 0. The van der Waals surface area contributed by atoms with Crippen LogP contribution in [0, 0.1) is 17.8 Å². The fourth-order valence-corrected chi connectivity index (χ4v) is 4.58. The lowest BCUT2D eigenvalue weighted by molar-refractivity contribution is -0.155. The number of fused-ring (bicyclic) bond motifs is 2. The molecule has 3 rings (SSSR count). The van der Waals surface area contributed by atoms with Gasteiger partial charge >= 0.3 is 5.97 Å². The zero-order valence-corrected chi connectivity index (χ0v) is 12.3. The van der Waals surface area contributed by atoms with Crippen LogP contribution in [-0.2, 0) is 14.3 Å². The number of methoxy groups -OCH3 is 1. The van der Waals surface area contributed by atoms with Gasteiger partial charge in [0, 0.05) is 13.0 Å². The van der Waals surface area contributed by atoms with Crippen molar-refractivity contribution in [1.82, 2.24) is 4.90 Å². The number of likely N-dealkylation sites (tertiary alicyclic amines) is 1. The van der Waals surface area contributed by atoms with E-state index in [0.717, 1.165) is 37.6 Å². The highest BCUT2D eigenvalue weighted by molar-refractivity contribution is 5.84. The van der Waals surface area contributed by atoms with E-state index in [1.807, 2.05) is 0 Å². The van der Waals surface area contributed by atoms with Gasteiger partial charge in [0.2, 0.25) is 5.91 Å². The van der Waals surface area contributed by atoms with Gasteiger partial charge in [-0.05, 0) is 56.3 Å². The van der Waals surface area contributed by atoms with E-state index in [9.17, 15) is 9.59 Å². The van der Waals surface area contributed by atoms with Crippen LogP contribution in [-0.4, -0.2) is 36.5 Å². The molecule has 3 fully saturated rings. The van der Waals surface area contributed by atoms with Crippen molar-refractivity contribution in [3.05, 3.63) is 0 Å². The van der Waals surface area contributed by atoms with E-state index < -0.39 is 0 Å². The molecule has 20 heavy (non-hydrogen) atoms. The Labute approximate surface area is 120 Å². The van der Waals surface area contributed by atoms with E-state index >= 15 is 0 Å². The first-order valence-electron chi connectivity index (χ1n) is 8.06. The lowest BCUT2D eigenvalue weighted by Crippen LogP contribution is -2.49. The molecule has 1 heterocycles. The minimum Gasteiger partial charge on any atom is -0.467 e. The van der Waals surface area contributed by atoms with Gasteiger partial charge in [-0.1, -0.05) is 6.42 Å². The van der Waals surface area contributed by atoms with Crippen molar-refractivity contribution in [2.24, 2.45) is 17.8 Å². The lowest BCUT2D eigenvalue weighted by Gasteiger charge is -2.35. The summed E-state index contributed by atoms with van der Waals surface area (Å²) in [6.07, 6.45) is 8.66. The Morgan fingerprint density at radius 3 is 2.65 bits per heavy atom. The van der Waals surface area contributed by atoms with Crippen LogP contribution in [0.5, 0.6) is 0 Å². The minimum absolute atomic E-state index is 0.178. The highest BCUT2D eigenvalue weighted by atomic mass is 16.5. The summed E-state index contributed by atoms with van der Waals surface area (Å²) in [5.41, 5.74) is 0. The summed E-state index contributed by atoms with van der Waals surface area (Å²) >= 11 is 0. The third-order valence-electron chi connectivity index (χ3n) is 5.62. The van der Waals surface area contributed by atoms with Crippen molar-refractivity contribution < 1.29 is 14.3 Å². The van der Waals surface area contributed by atoms with Crippen LogP contribution in [0.2, 0.25) is 0 Å². The van der Waals surface area contributed by atoms with Crippen LogP contribution in [0.1, 0.15) is 51.4 Å². The van der Waals surface area contributed by atoms with Crippen LogP contribution in [0.15, 0.2) is 0 Å². The molecule has 4 heteroatoms. The van der Waals surface area contributed by atoms with E-state index in [1.54, 1.807) is 4.90 Å². The minimum atomic E-state index is -0.333. The van der Waals surface area contributed by atoms with Gasteiger partial charge in [-0.25, -0.2) is 4.79 Å². The molecule has 3 aliphatic rings. The van der Waals surface area contributed by atoms with Crippen molar-refractivity contribution in [2.45, 2.75) is 57.4 Å². The summed E-state index contributed by atoms with van der Waals surface area (Å²) in [6.45, 7) is 0.722. The van der Waals surface area contributed by atoms with Crippen molar-refractivity contribution in [3.63, 3.8) is 0 Å². The Morgan fingerprint density at radius 2 is 2.00 bits per heavy atom. The summed E-state index contributed by atoms with van der Waals surface area (Å²) < 4.78 is 4.86. The molecule has 2 bridgehead atoms. The smallest absolute Gasteiger partial charge is 0.328 e. The molecule has 112 valence electrons. The molecule has 1 amide bonds. The molecule has 0 aromatic rings. The Morgan fingerprint density at radius 1 is 1.15 bits per heavy atom. The van der Waals surface area contributed by atoms with Crippen LogP contribution in [0.4, 0.5) is 0 Å². The molecule has 0 aromatic carbocycles. The molecule has 0 aromatic heterocycles. The van der Waals surface area contributed by atoms with Gasteiger partial charge < -0.3 is 9.64 Å². The average Bonchev–Trinajstić information content (AvgIpc) is 3.09. The van der Waals surface area contributed by atoms with Crippen LogP contribution in [0.3, 0.4) is 0 Å². The lowest BCUT2D eigenvalue weighted by atomic mass is 9.85. The number of esters is 1. The van der Waals surface area contributed by atoms with Gasteiger partial charge in [-0.3, -0.25) is 4.79 Å². The van der Waals surface area contributed by atoms with E-state index in [0.29, 0.717) is 12.3 Å². The van der Waals surface area contributed by atoms with Crippen molar-refractivity contribution in [2.75, 3.05) is 13.7 Å². The van der Waals surface area contributed by atoms with Gasteiger partial charge in [0.25, 0.3) is 0 Å². The highest BCUT2D eigenvalue weighted by Crippen LogP contribution is 2.49. The van der Waals surface area contributed by atoms with Crippen LogP contribution >= 0.6 is 0 Å². The maximum atomic E-state index is 12.6. The summed E-state index contributed by atoms with van der Waals surface area (Å²) in [5.74, 6) is 2.14. The van der Waals surface area contributed by atoms with Crippen molar-refractivity contribution in [1.29, 1.82) is 0 Å². The Bertz CT molecular complexity index is 395. The Hall–Kier alpha value is -1.06.